The summed E-state index contributed by atoms with van der Waals surface area (Å²) in [6.07, 6.45) is -4.71. The molecule has 0 saturated heterocycles. The van der Waals surface area contributed by atoms with Crippen molar-refractivity contribution in [3.05, 3.63) is 35.0 Å². The Kier molecular flexibility index (Phi) is 3.05. The second-order valence-electron chi connectivity index (χ2n) is 3.89. The number of nitrogens with zero attached hydrogens (tertiary/aromatic N) is 1. The number of rotatable bonds is 1. The predicted octanol–water partition coefficient (Wildman–Crippen LogP) is 3.13. The van der Waals surface area contributed by atoms with Gasteiger partial charge in [-0.15, -0.1) is 0 Å². The number of pyridine rings is 1. The molecule has 0 spiro atoms. The summed E-state index contributed by atoms with van der Waals surface area (Å²) in [5.41, 5.74) is 0.118. The first-order valence-corrected chi connectivity index (χ1v) is 5.09. The summed E-state index contributed by atoms with van der Waals surface area (Å²) in [5, 5.41) is -0.0214. The van der Waals surface area contributed by atoms with Crippen molar-refractivity contribution >= 4 is 16.6 Å². The molecule has 3 nitrogen and oxygen atoms in total. The maximum atomic E-state index is 13.1. The maximum absolute atomic E-state index is 13.1. The predicted molar refractivity (Wildman–Crippen MR) is 59.2 cm³/mol. The molecule has 1 heterocycles. The van der Waals surface area contributed by atoms with E-state index >= 15 is 0 Å². The number of hydrogen-bond donors (Lipinski definition) is 2. The summed E-state index contributed by atoms with van der Waals surface area (Å²) in [4.78, 5) is 3.33. The Balaban J connectivity index is 2.91. The average Bonchev–Trinajstić information content (AvgIpc) is 2.29. The Morgan fingerprint density at radius 2 is 1.74 bits per heavy atom. The van der Waals surface area contributed by atoms with Crippen molar-refractivity contribution in [2.24, 2.45) is 5.84 Å². The summed E-state index contributed by atoms with van der Waals surface area (Å²) in [6.45, 7) is 1.14. The molecule has 0 bridgehead atoms. The van der Waals surface area contributed by atoms with Gasteiger partial charge >= 0.3 is 6.18 Å². The molecule has 0 aliphatic heterocycles. The second kappa shape index (κ2) is 4.30. The van der Waals surface area contributed by atoms with Crippen LogP contribution in [0.3, 0.4) is 0 Å². The minimum Gasteiger partial charge on any atom is -0.323 e. The van der Waals surface area contributed by atoms with Crippen LogP contribution in [-0.2, 0) is 6.18 Å². The molecule has 3 N–H and O–H groups in total. The molecule has 2 rings (SSSR count). The third kappa shape index (κ3) is 2.19. The van der Waals surface area contributed by atoms with Crippen molar-refractivity contribution in [3.8, 4) is 0 Å². The zero-order chi connectivity index (χ0) is 14.4. The van der Waals surface area contributed by atoms with Gasteiger partial charge in [0.05, 0.1) is 11.2 Å². The van der Waals surface area contributed by atoms with Crippen molar-refractivity contribution in [3.63, 3.8) is 0 Å². The largest absolute Gasteiger partial charge is 0.433 e. The Morgan fingerprint density at radius 1 is 1.16 bits per heavy atom. The lowest BCUT2D eigenvalue weighted by Crippen LogP contribution is -2.16. The molecule has 0 unspecified atom stereocenters. The fourth-order valence-corrected chi connectivity index (χ4v) is 1.82. The van der Waals surface area contributed by atoms with E-state index in [1.807, 2.05) is 0 Å². The molecule has 8 heteroatoms. The van der Waals surface area contributed by atoms with Gasteiger partial charge in [-0.2, -0.15) is 13.2 Å². The number of nitrogen functional groups attached to an aromatic ring is 1. The zero-order valence-corrected chi connectivity index (χ0v) is 9.57. The zero-order valence-electron chi connectivity index (χ0n) is 9.57. The normalized spacial score (nSPS) is 11.9. The number of halogens is 5. The minimum absolute atomic E-state index is 0.0214. The highest BCUT2D eigenvalue weighted by atomic mass is 19.4. The summed E-state index contributed by atoms with van der Waals surface area (Å²) in [6, 6.07) is 1.35. The number of hydrazine groups is 1. The van der Waals surface area contributed by atoms with Crippen LogP contribution in [0.25, 0.3) is 10.9 Å². The van der Waals surface area contributed by atoms with Gasteiger partial charge in [0.2, 0.25) is 0 Å². The van der Waals surface area contributed by atoms with E-state index in [9.17, 15) is 22.0 Å². The van der Waals surface area contributed by atoms with Crippen molar-refractivity contribution in [1.82, 2.24) is 4.98 Å². The molecular weight excluding hydrogens is 269 g/mol. The van der Waals surface area contributed by atoms with Gasteiger partial charge in [-0.05, 0) is 13.0 Å². The smallest absolute Gasteiger partial charge is 0.323 e. The first kappa shape index (κ1) is 13.5. The van der Waals surface area contributed by atoms with Crippen molar-refractivity contribution in [2.45, 2.75) is 13.1 Å². The van der Waals surface area contributed by atoms with Crippen LogP contribution in [0.4, 0.5) is 27.6 Å². The molecule has 102 valence electrons. The van der Waals surface area contributed by atoms with E-state index in [0.717, 1.165) is 13.0 Å². The molecule has 0 amide bonds. The second-order valence-corrected chi connectivity index (χ2v) is 3.89. The lowest BCUT2D eigenvalue weighted by molar-refractivity contribution is -0.141. The van der Waals surface area contributed by atoms with Gasteiger partial charge in [-0.25, -0.2) is 13.8 Å². The number of nitrogens with one attached hydrogen (secondary N) is 1. The number of anilines is 1. The van der Waals surface area contributed by atoms with E-state index in [1.165, 1.54) is 0 Å². The third-order valence-corrected chi connectivity index (χ3v) is 2.68. The maximum Gasteiger partial charge on any atom is 0.433 e. The van der Waals surface area contributed by atoms with Crippen molar-refractivity contribution < 1.29 is 22.0 Å². The molecule has 1 aromatic heterocycles. The van der Waals surface area contributed by atoms with Gasteiger partial charge in [0.1, 0.15) is 5.69 Å². The van der Waals surface area contributed by atoms with Crippen LogP contribution in [0.5, 0.6) is 0 Å². The number of alkyl halides is 3. The van der Waals surface area contributed by atoms with Crippen LogP contribution in [0, 0.1) is 18.6 Å². The van der Waals surface area contributed by atoms with Crippen molar-refractivity contribution in [2.75, 3.05) is 5.43 Å². The first-order valence-electron chi connectivity index (χ1n) is 5.09. The lowest BCUT2D eigenvalue weighted by atomic mass is 10.1. The van der Waals surface area contributed by atoms with E-state index in [4.69, 9.17) is 5.84 Å². The van der Waals surface area contributed by atoms with Crippen LogP contribution in [0.2, 0.25) is 0 Å². The Labute approximate surface area is 104 Å². The molecule has 0 atom stereocenters. The fraction of sp³-hybridized carbons (Fsp3) is 0.182. The molecule has 1 aromatic carbocycles. The van der Waals surface area contributed by atoms with Crippen LogP contribution in [0.15, 0.2) is 12.1 Å². The molecule has 0 aliphatic rings. The highest BCUT2D eigenvalue weighted by molar-refractivity contribution is 5.93. The number of benzene rings is 1. The molecular formula is C11H8F5N3. The standard InChI is InChI=1S/C11H8F5N3/c1-4-9(19-17)5-2-6(12)7(13)3-8(5)18-10(4)11(14,15)16/h2-3H,17H2,1H3,(H,18,19). The summed E-state index contributed by atoms with van der Waals surface area (Å²) in [5.74, 6) is 2.69. The molecule has 19 heavy (non-hydrogen) atoms. The van der Waals surface area contributed by atoms with E-state index < -0.39 is 23.5 Å². The first-order chi connectivity index (χ1) is 8.75. The average molecular weight is 277 g/mol. The van der Waals surface area contributed by atoms with Gasteiger partial charge in [0, 0.05) is 17.0 Å². The van der Waals surface area contributed by atoms with E-state index in [1.54, 1.807) is 0 Å². The monoisotopic (exact) mass is 277 g/mol. The summed E-state index contributed by atoms with van der Waals surface area (Å²) < 4.78 is 64.5. The molecule has 0 aliphatic carbocycles. The number of hydrogen-bond acceptors (Lipinski definition) is 3. The van der Waals surface area contributed by atoms with Crippen LogP contribution in [-0.4, -0.2) is 4.98 Å². The van der Waals surface area contributed by atoms with Gasteiger partial charge in [-0.3, -0.25) is 5.84 Å². The van der Waals surface area contributed by atoms with Gasteiger partial charge < -0.3 is 5.43 Å². The SMILES string of the molecule is Cc1c(C(F)(F)F)nc2cc(F)c(F)cc2c1NN. The van der Waals surface area contributed by atoms with E-state index in [0.29, 0.717) is 6.07 Å². The Hall–Kier alpha value is -1.96. The van der Waals surface area contributed by atoms with E-state index in [2.05, 4.69) is 10.4 Å². The van der Waals surface area contributed by atoms with Crippen LogP contribution in [0.1, 0.15) is 11.3 Å². The number of nitrogens with two attached hydrogens (primary N) is 1. The molecule has 0 radical (unpaired) electrons. The summed E-state index contributed by atoms with van der Waals surface area (Å²) >= 11 is 0. The highest BCUT2D eigenvalue weighted by Gasteiger charge is 2.36. The molecule has 2 aromatic rings. The van der Waals surface area contributed by atoms with Gasteiger partial charge in [0.25, 0.3) is 0 Å². The van der Waals surface area contributed by atoms with Crippen LogP contribution < -0.4 is 11.3 Å². The topological polar surface area (TPSA) is 50.9 Å². The Bertz CT molecular complexity index is 651. The Morgan fingerprint density at radius 3 is 2.26 bits per heavy atom. The minimum atomic E-state index is -4.71. The summed E-state index contributed by atoms with van der Waals surface area (Å²) in [7, 11) is 0. The molecule has 0 saturated carbocycles. The van der Waals surface area contributed by atoms with Gasteiger partial charge in [-0.1, -0.05) is 0 Å². The van der Waals surface area contributed by atoms with Gasteiger partial charge in [0.15, 0.2) is 11.6 Å². The fourth-order valence-electron chi connectivity index (χ4n) is 1.82. The highest BCUT2D eigenvalue weighted by Crippen LogP contribution is 2.37. The van der Waals surface area contributed by atoms with E-state index in [-0.39, 0.29) is 22.2 Å². The lowest BCUT2D eigenvalue weighted by Gasteiger charge is -2.15. The third-order valence-electron chi connectivity index (χ3n) is 2.68. The number of aromatic nitrogens is 1. The molecule has 0 fully saturated rings. The van der Waals surface area contributed by atoms with Crippen molar-refractivity contribution in [1.29, 1.82) is 0 Å². The quantitative estimate of drug-likeness (QED) is 0.478. The number of fused-ring (bicyclic) bond motifs is 1. The van der Waals surface area contributed by atoms with Crippen LogP contribution >= 0.6 is 0 Å².